The summed E-state index contributed by atoms with van der Waals surface area (Å²) in [5.74, 6) is 2.26. The highest BCUT2D eigenvalue weighted by Crippen LogP contribution is 1.80. The van der Waals surface area contributed by atoms with Gasteiger partial charge in [-0.2, -0.15) is 0 Å². The standard InChI is InChI=1S/C6H7F/c1-2-3-4-5-6-7/h1,3-4H,5-6H2. The summed E-state index contributed by atoms with van der Waals surface area (Å²) in [6, 6.07) is 0. The minimum atomic E-state index is -0.321. The molecule has 0 aliphatic rings. The van der Waals surface area contributed by atoms with E-state index in [-0.39, 0.29) is 6.67 Å². The van der Waals surface area contributed by atoms with Gasteiger partial charge in [-0.05, 0) is 12.5 Å². The zero-order valence-corrected chi connectivity index (χ0v) is 4.02. The van der Waals surface area contributed by atoms with Gasteiger partial charge in [-0.1, -0.05) is 12.0 Å². The summed E-state index contributed by atoms with van der Waals surface area (Å²) in [5.41, 5.74) is 0. The van der Waals surface area contributed by atoms with E-state index in [9.17, 15) is 4.39 Å². The molecule has 0 saturated carbocycles. The van der Waals surface area contributed by atoms with Crippen molar-refractivity contribution in [1.82, 2.24) is 0 Å². The van der Waals surface area contributed by atoms with Gasteiger partial charge < -0.3 is 0 Å². The van der Waals surface area contributed by atoms with Gasteiger partial charge in [0.1, 0.15) is 0 Å². The zero-order valence-electron chi connectivity index (χ0n) is 4.02. The molecular weight excluding hydrogens is 91.1 g/mol. The van der Waals surface area contributed by atoms with E-state index < -0.39 is 0 Å². The van der Waals surface area contributed by atoms with E-state index in [0.717, 1.165) is 0 Å². The minimum Gasteiger partial charge on any atom is -0.251 e. The van der Waals surface area contributed by atoms with Crippen molar-refractivity contribution >= 4 is 0 Å². The molecule has 38 valence electrons. The van der Waals surface area contributed by atoms with Crippen LogP contribution < -0.4 is 0 Å². The van der Waals surface area contributed by atoms with Crippen molar-refractivity contribution in [3.63, 3.8) is 0 Å². The van der Waals surface area contributed by atoms with Crippen LogP contribution in [-0.2, 0) is 0 Å². The Kier molecular flexibility index (Phi) is 4.65. The number of hydrogen-bond acceptors (Lipinski definition) is 0. The topological polar surface area (TPSA) is 0 Å². The molecule has 0 rings (SSSR count). The molecule has 0 aromatic heterocycles. The first kappa shape index (κ1) is 6.23. The van der Waals surface area contributed by atoms with Gasteiger partial charge in [0.2, 0.25) is 0 Å². The lowest BCUT2D eigenvalue weighted by molar-refractivity contribution is 0.501. The highest BCUT2D eigenvalue weighted by Gasteiger charge is 1.69. The Labute approximate surface area is 43.0 Å². The summed E-state index contributed by atoms with van der Waals surface area (Å²) in [7, 11) is 0. The fourth-order valence-electron chi connectivity index (χ4n) is 0.214. The van der Waals surface area contributed by atoms with E-state index in [4.69, 9.17) is 6.42 Å². The third kappa shape index (κ3) is 5.23. The van der Waals surface area contributed by atoms with E-state index >= 15 is 0 Å². The molecule has 0 fully saturated rings. The summed E-state index contributed by atoms with van der Waals surface area (Å²) in [5, 5.41) is 0. The first-order valence-electron chi connectivity index (χ1n) is 2.09. The largest absolute Gasteiger partial charge is 0.251 e. The molecule has 0 bridgehead atoms. The van der Waals surface area contributed by atoms with Crippen molar-refractivity contribution in [1.29, 1.82) is 0 Å². The van der Waals surface area contributed by atoms with Crippen molar-refractivity contribution in [2.24, 2.45) is 0 Å². The van der Waals surface area contributed by atoms with Crippen LogP contribution in [0.1, 0.15) is 6.42 Å². The first-order valence-corrected chi connectivity index (χ1v) is 2.09. The Morgan fingerprint density at radius 1 is 1.71 bits per heavy atom. The second kappa shape index (κ2) is 5.23. The van der Waals surface area contributed by atoms with Gasteiger partial charge in [-0.15, -0.1) is 6.42 Å². The molecule has 0 nitrogen and oxygen atoms in total. The molecule has 0 spiro atoms. The quantitative estimate of drug-likeness (QED) is 0.459. The average Bonchev–Trinajstić information content (AvgIpc) is 1.69. The first-order chi connectivity index (χ1) is 3.41. The van der Waals surface area contributed by atoms with Crippen molar-refractivity contribution in [2.75, 3.05) is 6.67 Å². The van der Waals surface area contributed by atoms with Gasteiger partial charge in [0.25, 0.3) is 0 Å². The van der Waals surface area contributed by atoms with Gasteiger partial charge in [0, 0.05) is 0 Å². The number of alkyl halides is 1. The van der Waals surface area contributed by atoms with Crippen LogP contribution >= 0.6 is 0 Å². The monoisotopic (exact) mass is 98.1 g/mol. The molecule has 0 amide bonds. The van der Waals surface area contributed by atoms with Crippen molar-refractivity contribution < 1.29 is 4.39 Å². The van der Waals surface area contributed by atoms with Crippen LogP contribution in [0.25, 0.3) is 0 Å². The minimum absolute atomic E-state index is 0.321. The van der Waals surface area contributed by atoms with Crippen LogP contribution in [0.5, 0.6) is 0 Å². The highest BCUT2D eigenvalue weighted by atomic mass is 19.1. The average molecular weight is 98.1 g/mol. The van der Waals surface area contributed by atoms with Gasteiger partial charge in [0.15, 0.2) is 0 Å². The van der Waals surface area contributed by atoms with Crippen LogP contribution in [0, 0.1) is 12.3 Å². The van der Waals surface area contributed by atoms with Crippen molar-refractivity contribution in [3.8, 4) is 12.3 Å². The number of terminal acetylenes is 1. The summed E-state index contributed by atoms with van der Waals surface area (Å²) in [6.07, 6.45) is 8.37. The van der Waals surface area contributed by atoms with Crippen LogP contribution in [0.2, 0.25) is 0 Å². The molecule has 0 unspecified atom stereocenters. The maximum absolute atomic E-state index is 11.2. The smallest absolute Gasteiger partial charge is 0.0929 e. The molecule has 1 heteroatoms. The van der Waals surface area contributed by atoms with Gasteiger partial charge in [0.05, 0.1) is 6.67 Å². The molecule has 0 aliphatic carbocycles. The lowest BCUT2D eigenvalue weighted by atomic mass is 10.4. The maximum atomic E-state index is 11.2. The third-order valence-corrected chi connectivity index (χ3v) is 0.490. The van der Waals surface area contributed by atoms with Crippen LogP contribution in [-0.4, -0.2) is 6.67 Å². The fourth-order valence-corrected chi connectivity index (χ4v) is 0.214. The lowest BCUT2D eigenvalue weighted by Gasteiger charge is -1.73. The van der Waals surface area contributed by atoms with E-state index in [1.54, 1.807) is 6.08 Å². The summed E-state index contributed by atoms with van der Waals surface area (Å²) < 4.78 is 11.2. The zero-order chi connectivity index (χ0) is 5.54. The van der Waals surface area contributed by atoms with Gasteiger partial charge >= 0.3 is 0 Å². The molecule has 0 aromatic rings. The van der Waals surface area contributed by atoms with E-state index in [0.29, 0.717) is 6.42 Å². The number of halogens is 1. The van der Waals surface area contributed by atoms with E-state index in [1.807, 2.05) is 0 Å². The predicted octanol–water partition coefficient (Wildman–Crippen LogP) is 1.54. The Morgan fingerprint density at radius 2 is 2.43 bits per heavy atom. The molecule has 0 N–H and O–H groups in total. The van der Waals surface area contributed by atoms with Crippen molar-refractivity contribution in [3.05, 3.63) is 12.2 Å². The van der Waals surface area contributed by atoms with Crippen molar-refractivity contribution in [2.45, 2.75) is 6.42 Å². The molecule has 0 radical (unpaired) electrons. The Bertz CT molecular complexity index is 86.8. The normalized spacial score (nSPS) is 9.14. The number of hydrogen-bond donors (Lipinski definition) is 0. The van der Waals surface area contributed by atoms with E-state index in [1.165, 1.54) is 6.08 Å². The Balaban J connectivity index is 2.97. The predicted molar refractivity (Wildman–Crippen MR) is 28.6 cm³/mol. The van der Waals surface area contributed by atoms with Crippen LogP contribution in [0.3, 0.4) is 0 Å². The van der Waals surface area contributed by atoms with Crippen LogP contribution in [0.4, 0.5) is 4.39 Å². The third-order valence-electron chi connectivity index (χ3n) is 0.490. The molecule has 0 heterocycles. The summed E-state index contributed by atoms with van der Waals surface area (Å²) in [4.78, 5) is 0. The second-order valence-corrected chi connectivity index (χ2v) is 1.05. The summed E-state index contributed by atoms with van der Waals surface area (Å²) >= 11 is 0. The molecule has 0 aromatic carbocycles. The second-order valence-electron chi connectivity index (χ2n) is 1.05. The molecular formula is C6H7F. The molecule has 0 aliphatic heterocycles. The number of allylic oxidation sites excluding steroid dienone is 2. The molecule has 7 heavy (non-hydrogen) atoms. The molecule has 0 atom stereocenters. The van der Waals surface area contributed by atoms with Crippen LogP contribution in [0.15, 0.2) is 12.2 Å². The van der Waals surface area contributed by atoms with Gasteiger partial charge in [-0.3, -0.25) is 4.39 Å². The SMILES string of the molecule is C#CC=CCCF. The molecule has 0 saturated heterocycles. The Morgan fingerprint density at radius 3 is 2.86 bits per heavy atom. The Hall–Kier alpha value is -0.770. The van der Waals surface area contributed by atoms with Gasteiger partial charge in [-0.25, -0.2) is 0 Å². The number of rotatable bonds is 2. The fraction of sp³-hybridized carbons (Fsp3) is 0.333. The highest BCUT2D eigenvalue weighted by molar-refractivity contribution is 5.08. The maximum Gasteiger partial charge on any atom is 0.0929 e. The van der Waals surface area contributed by atoms with E-state index in [2.05, 4.69) is 5.92 Å². The summed E-state index contributed by atoms with van der Waals surface area (Å²) in [6.45, 7) is -0.321. The lowest BCUT2D eigenvalue weighted by Crippen LogP contribution is -1.64.